The number of amides is 1. The lowest BCUT2D eigenvalue weighted by atomic mass is 9.81. The topological polar surface area (TPSA) is 65.2 Å². The zero-order valence-electron chi connectivity index (χ0n) is 18.8. The van der Waals surface area contributed by atoms with Crippen LogP contribution in [0.1, 0.15) is 58.2 Å². The highest BCUT2D eigenvalue weighted by Gasteiger charge is 2.44. The van der Waals surface area contributed by atoms with E-state index in [2.05, 4.69) is 16.1 Å². The van der Waals surface area contributed by atoms with Crippen LogP contribution in [-0.2, 0) is 20.5 Å². The summed E-state index contributed by atoms with van der Waals surface area (Å²) in [6, 6.07) is 8.02. The van der Waals surface area contributed by atoms with Crippen molar-refractivity contribution in [3.8, 4) is 17.1 Å². The Balaban J connectivity index is 1.59. The summed E-state index contributed by atoms with van der Waals surface area (Å²) in [5, 5.41) is 9.48. The van der Waals surface area contributed by atoms with E-state index in [1.54, 1.807) is 7.11 Å². The monoisotopic (exact) mass is 419 g/mol. The molecule has 2 aromatic heterocycles. The van der Waals surface area contributed by atoms with E-state index in [4.69, 9.17) is 9.84 Å². The highest BCUT2D eigenvalue weighted by molar-refractivity contribution is 5.97. The minimum absolute atomic E-state index is 0.00914. The minimum atomic E-state index is 0.00914. The molecule has 0 N–H and O–H groups in total. The third-order valence-electron chi connectivity index (χ3n) is 6.89. The van der Waals surface area contributed by atoms with Gasteiger partial charge in [-0.2, -0.15) is 10.2 Å². The van der Waals surface area contributed by atoms with Gasteiger partial charge >= 0.3 is 0 Å². The summed E-state index contributed by atoms with van der Waals surface area (Å²) in [7, 11) is 5.62. The molecular weight excluding hydrogens is 390 g/mol. The van der Waals surface area contributed by atoms with Crippen LogP contribution in [-0.4, -0.2) is 43.5 Å². The number of carbonyl (C=O) groups excluding carboxylic acids is 1. The van der Waals surface area contributed by atoms with Crippen molar-refractivity contribution in [2.75, 3.05) is 7.11 Å². The average Bonchev–Trinajstić information content (AvgIpc) is 3.24. The quantitative estimate of drug-likeness (QED) is 0.649. The number of aromatic nitrogens is 4. The van der Waals surface area contributed by atoms with Crippen molar-refractivity contribution in [3.05, 3.63) is 52.3 Å². The van der Waals surface area contributed by atoms with Crippen molar-refractivity contribution in [2.45, 2.75) is 51.6 Å². The number of methoxy groups -OCH3 is 1. The second-order valence-corrected chi connectivity index (χ2v) is 8.78. The van der Waals surface area contributed by atoms with Gasteiger partial charge in [0.25, 0.3) is 5.91 Å². The molecule has 2 bridgehead atoms. The Morgan fingerprint density at radius 1 is 1.13 bits per heavy atom. The molecule has 0 spiro atoms. The second kappa shape index (κ2) is 7.25. The smallest absolute Gasteiger partial charge is 0.255 e. The van der Waals surface area contributed by atoms with Gasteiger partial charge in [0.05, 0.1) is 35.9 Å². The zero-order chi connectivity index (χ0) is 21.9. The van der Waals surface area contributed by atoms with E-state index in [0.717, 1.165) is 65.3 Å². The molecule has 0 unspecified atom stereocenters. The number of hydrogen-bond acceptors (Lipinski definition) is 4. The Bertz CT molecular complexity index is 1180. The predicted octanol–water partition coefficient (Wildman–Crippen LogP) is 3.74. The molecule has 1 amide bonds. The van der Waals surface area contributed by atoms with E-state index in [1.807, 2.05) is 55.5 Å². The van der Waals surface area contributed by atoms with Gasteiger partial charge in [0, 0.05) is 36.8 Å². The molecule has 1 fully saturated rings. The number of aryl methyl sites for hydroxylation is 3. The van der Waals surface area contributed by atoms with Gasteiger partial charge in [0.2, 0.25) is 0 Å². The van der Waals surface area contributed by atoms with Crippen molar-refractivity contribution >= 4 is 5.91 Å². The maximum Gasteiger partial charge on any atom is 0.255 e. The van der Waals surface area contributed by atoms with E-state index in [0.29, 0.717) is 0 Å². The molecule has 2 aliphatic heterocycles. The highest BCUT2D eigenvalue weighted by atomic mass is 16.5. The molecule has 0 aliphatic carbocycles. The Hall–Kier alpha value is -3.09. The lowest BCUT2D eigenvalue weighted by Gasteiger charge is -2.45. The molecule has 0 saturated carbocycles. The van der Waals surface area contributed by atoms with Gasteiger partial charge < -0.3 is 9.64 Å². The summed E-state index contributed by atoms with van der Waals surface area (Å²) in [5.41, 5.74) is 7.13. The zero-order valence-corrected chi connectivity index (χ0v) is 18.8. The Labute approximate surface area is 182 Å². The van der Waals surface area contributed by atoms with Crippen molar-refractivity contribution in [1.29, 1.82) is 0 Å². The largest absolute Gasteiger partial charge is 0.496 e. The highest BCUT2D eigenvalue weighted by Crippen LogP contribution is 2.45. The molecule has 2 atom stereocenters. The molecule has 1 aromatic carbocycles. The van der Waals surface area contributed by atoms with Crippen LogP contribution in [0.2, 0.25) is 0 Å². The Morgan fingerprint density at radius 2 is 1.94 bits per heavy atom. The fourth-order valence-corrected chi connectivity index (χ4v) is 5.51. The van der Waals surface area contributed by atoms with Crippen LogP contribution < -0.4 is 4.74 Å². The van der Waals surface area contributed by atoms with Crippen LogP contribution in [0.3, 0.4) is 0 Å². The maximum absolute atomic E-state index is 13.8. The van der Waals surface area contributed by atoms with Gasteiger partial charge in [0.15, 0.2) is 0 Å². The second-order valence-electron chi connectivity index (χ2n) is 8.78. The summed E-state index contributed by atoms with van der Waals surface area (Å²) < 4.78 is 9.36. The fourth-order valence-electron chi connectivity index (χ4n) is 5.51. The molecule has 0 radical (unpaired) electrons. The van der Waals surface area contributed by atoms with E-state index in [9.17, 15) is 4.79 Å². The lowest BCUT2D eigenvalue weighted by molar-refractivity contribution is 0.0390. The van der Waals surface area contributed by atoms with Crippen molar-refractivity contribution in [3.63, 3.8) is 0 Å². The number of rotatable bonds is 3. The molecule has 162 valence electrons. The number of piperidine rings is 1. The first-order valence-electron chi connectivity index (χ1n) is 10.9. The third-order valence-corrected chi connectivity index (χ3v) is 6.89. The van der Waals surface area contributed by atoms with E-state index >= 15 is 0 Å². The van der Waals surface area contributed by atoms with E-state index in [-0.39, 0.29) is 18.0 Å². The first-order chi connectivity index (χ1) is 14.9. The molecule has 3 aromatic rings. The number of carbonyl (C=O) groups is 1. The first kappa shape index (κ1) is 19.8. The van der Waals surface area contributed by atoms with Gasteiger partial charge in [-0.3, -0.25) is 14.2 Å². The molecule has 7 heteroatoms. The number of fused-ring (bicyclic) bond motifs is 4. The van der Waals surface area contributed by atoms with Crippen LogP contribution in [0.4, 0.5) is 0 Å². The number of ether oxygens (including phenoxy) is 1. The average molecular weight is 420 g/mol. The summed E-state index contributed by atoms with van der Waals surface area (Å²) in [4.78, 5) is 15.8. The lowest BCUT2D eigenvalue weighted by Crippen LogP contribution is -2.50. The Kier molecular flexibility index (Phi) is 4.64. The summed E-state index contributed by atoms with van der Waals surface area (Å²) in [6.45, 7) is 3.97. The van der Waals surface area contributed by atoms with Crippen molar-refractivity contribution < 1.29 is 9.53 Å². The van der Waals surface area contributed by atoms with Gasteiger partial charge in [-0.1, -0.05) is 6.07 Å². The summed E-state index contributed by atoms with van der Waals surface area (Å²) in [6.07, 6.45) is 3.91. The van der Waals surface area contributed by atoms with Crippen molar-refractivity contribution in [2.24, 2.45) is 14.1 Å². The van der Waals surface area contributed by atoms with E-state index < -0.39 is 0 Å². The molecule has 1 saturated heterocycles. The SMILES string of the molecule is COc1cccc(C(=O)N2[C@@H]3CCC[C@H]2c2nn(C)c(-c4cc(C)nn4C)c2C3)c1C. The minimum Gasteiger partial charge on any atom is -0.496 e. The Morgan fingerprint density at radius 3 is 2.65 bits per heavy atom. The van der Waals surface area contributed by atoms with Crippen LogP contribution in [0.15, 0.2) is 24.3 Å². The normalized spacial score (nSPS) is 20.0. The molecule has 5 rings (SSSR count). The molecule has 31 heavy (non-hydrogen) atoms. The van der Waals surface area contributed by atoms with Gasteiger partial charge in [-0.25, -0.2) is 0 Å². The van der Waals surface area contributed by atoms with Crippen LogP contribution in [0, 0.1) is 13.8 Å². The fraction of sp³-hybridized carbons (Fsp3) is 0.458. The molecular formula is C24H29N5O2. The summed E-state index contributed by atoms with van der Waals surface area (Å²) in [5.74, 6) is 0.834. The van der Waals surface area contributed by atoms with Crippen LogP contribution in [0.25, 0.3) is 11.4 Å². The number of hydrogen-bond donors (Lipinski definition) is 0. The van der Waals surface area contributed by atoms with Gasteiger partial charge in [-0.05, 0) is 57.7 Å². The molecule has 2 aliphatic rings. The third kappa shape index (κ3) is 2.98. The number of benzene rings is 1. The molecule has 7 nitrogen and oxygen atoms in total. The van der Waals surface area contributed by atoms with Crippen molar-refractivity contribution in [1.82, 2.24) is 24.5 Å². The molecule has 4 heterocycles. The van der Waals surface area contributed by atoms with Gasteiger partial charge in [0.1, 0.15) is 5.75 Å². The maximum atomic E-state index is 13.8. The number of nitrogens with zero attached hydrogens (tertiary/aromatic N) is 5. The van der Waals surface area contributed by atoms with E-state index in [1.165, 1.54) is 5.56 Å². The first-order valence-corrected chi connectivity index (χ1v) is 10.9. The van der Waals surface area contributed by atoms with Gasteiger partial charge in [-0.15, -0.1) is 0 Å². The van der Waals surface area contributed by atoms with Crippen LogP contribution >= 0.6 is 0 Å². The standard InChI is InChI=1S/C24H29N5O2/c1-14-12-20(27(3)25-14)23-18-13-16-8-6-10-19(22(18)26-28(23)4)29(16)24(30)17-9-7-11-21(31-5)15(17)2/h7,9,11-12,16,19H,6,8,10,13H2,1-5H3/t16-,19+/m1/s1. The van der Waals surface area contributed by atoms with Crippen LogP contribution in [0.5, 0.6) is 5.75 Å². The summed E-state index contributed by atoms with van der Waals surface area (Å²) >= 11 is 0. The predicted molar refractivity (Wildman–Crippen MR) is 118 cm³/mol.